The van der Waals surface area contributed by atoms with Gasteiger partial charge in [0.05, 0.1) is 6.61 Å². The van der Waals surface area contributed by atoms with Gasteiger partial charge in [0.2, 0.25) is 0 Å². The van der Waals surface area contributed by atoms with Crippen molar-refractivity contribution in [3.05, 3.63) is 35.6 Å². The normalized spacial score (nSPS) is 17.5. The number of likely N-dealkylation sites (tertiary alicyclic amines) is 1. The summed E-state index contributed by atoms with van der Waals surface area (Å²) in [5.41, 5.74) is 0.269. The molecule has 1 heterocycles. The van der Waals surface area contributed by atoms with Crippen LogP contribution in [0.2, 0.25) is 0 Å². The van der Waals surface area contributed by atoms with Gasteiger partial charge < -0.3 is 9.64 Å². The van der Waals surface area contributed by atoms with Crippen LogP contribution in [0.25, 0.3) is 0 Å². The van der Waals surface area contributed by atoms with Crippen LogP contribution in [-0.4, -0.2) is 36.0 Å². The lowest BCUT2D eigenvalue weighted by Gasteiger charge is -2.23. The Balaban J connectivity index is 1.97. The summed E-state index contributed by atoms with van der Waals surface area (Å²) in [6.45, 7) is 2.98. The lowest BCUT2D eigenvalue weighted by Crippen LogP contribution is -2.41. The van der Waals surface area contributed by atoms with Gasteiger partial charge in [-0.2, -0.15) is 0 Å². The molecule has 1 aromatic rings. The second-order valence-corrected chi connectivity index (χ2v) is 5.54. The highest BCUT2D eigenvalue weighted by atomic mass is 19.1. The van der Waals surface area contributed by atoms with E-state index in [0.29, 0.717) is 19.6 Å². The van der Waals surface area contributed by atoms with E-state index >= 15 is 0 Å². The molecule has 0 N–H and O–H groups in total. The summed E-state index contributed by atoms with van der Waals surface area (Å²) in [6, 6.07) is 5.01. The van der Waals surface area contributed by atoms with Gasteiger partial charge in [-0.3, -0.25) is 4.79 Å². The Kier molecular flexibility index (Phi) is 5.92. The van der Waals surface area contributed by atoms with Gasteiger partial charge >= 0.3 is 5.97 Å². The first-order valence-electron chi connectivity index (χ1n) is 7.86. The molecule has 0 aliphatic carbocycles. The highest BCUT2D eigenvalue weighted by Crippen LogP contribution is 2.21. The molecule has 2 rings (SSSR count). The molecular weight excluding hydrogens is 285 g/mol. The van der Waals surface area contributed by atoms with Crippen LogP contribution in [0.5, 0.6) is 0 Å². The number of carbonyl (C=O) groups is 2. The van der Waals surface area contributed by atoms with Crippen molar-refractivity contribution in [1.82, 2.24) is 4.90 Å². The zero-order valence-corrected chi connectivity index (χ0v) is 12.9. The van der Waals surface area contributed by atoms with E-state index in [9.17, 15) is 14.0 Å². The van der Waals surface area contributed by atoms with Gasteiger partial charge in [0, 0.05) is 12.1 Å². The molecule has 22 heavy (non-hydrogen) atoms. The summed E-state index contributed by atoms with van der Waals surface area (Å²) in [6.07, 6.45) is 4.28. The molecule has 0 spiro atoms. The van der Waals surface area contributed by atoms with Crippen molar-refractivity contribution >= 4 is 11.9 Å². The van der Waals surface area contributed by atoms with Crippen LogP contribution in [0.1, 0.15) is 49.4 Å². The lowest BCUT2D eigenvalue weighted by atomic mass is 10.1. The van der Waals surface area contributed by atoms with Crippen LogP contribution in [0, 0.1) is 5.82 Å². The van der Waals surface area contributed by atoms with E-state index in [-0.39, 0.29) is 17.4 Å². The SMILES string of the molecule is CCCCCOC(=O)C1CCCN1C(=O)c1cccc(F)c1. The predicted molar refractivity (Wildman–Crippen MR) is 80.9 cm³/mol. The molecule has 1 saturated heterocycles. The third-order valence-electron chi connectivity index (χ3n) is 3.85. The number of amides is 1. The second kappa shape index (κ2) is 7.92. The third-order valence-corrected chi connectivity index (χ3v) is 3.85. The Morgan fingerprint density at radius 2 is 2.18 bits per heavy atom. The van der Waals surface area contributed by atoms with E-state index < -0.39 is 11.9 Å². The van der Waals surface area contributed by atoms with Crippen molar-refractivity contribution < 1.29 is 18.7 Å². The fraction of sp³-hybridized carbons (Fsp3) is 0.529. The average molecular weight is 307 g/mol. The molecule has 1 unspecified atom stereocenters. The maximum atomic E-state index is 13.2. The van der Waals surface area contributed by atoms with Crippen LogP contribution in [0.3, 0.4) is 0 Å². The molecule has 1 amide bonds. The molecule has 1 aromatic carbocycles. The third kappa shape index (κ3) is 4.06. The molecular formula is C17H22FNO3. The first-order chi connectivity index (χ1) is 10.6. The van der Waals surface area contributed by atoms with Crippen LogP contribution in [0.15, 0.2) is 24.3 Å². The summed E-state index contributed by atoms with van der Waals surface area (Å²) >= 11 is 0. The van der Waals surface area contributed by atoms with Crippen molar-refractivity contribution in [1.29, 1.82) is 0 Å². The molecule has 4 nitrogen and oxygen atoms in total. The number of hydrogen-bond donors (Lipinski definition) is 0. The minimum atomic E-state index is -0.544. The van der Waals surface area contributed by atoms with Crippen molar-refractivity contribution in [3.63, 3.8) is 0 Å². The summed E-state index contributed by atoms with van der Waals surface area (Å²) in [7, 11) is 0. The van der Waals surface area contributed by atoms with Crippen LogP contribution in [0.4, 0.5) is 4.39 Å². The number of unbranched alkanes of at least 4 members (excludes halogenated alkanes) is 2. The number of nitrogens with zero attached hydrogens (tertiary/aromatic N) is 1. The van der Waals surface area contributed by atoms with Gasteiger partial charge in [0.25, 0.3) is 5.91 Å². The van der Waals surface area contributed by atoms with E-state index in [4.69, 9.17) is 4.74 Å². The van der Waals surface area contributed by atoms with Crippen molar-refractivity contribution in [2.24, 2.45) is 0 Å². The number of esters is 1. The van der Waals surface area contributed by atoms with Gasteiger partial charge in [-0.15, -0.1) is 0 Å². The van der Waals surface area contributed by atoms with E-state index in [1.807, 2.05) is 0 Å². The summed E-state index contributed by atoms with van der Waals surface area (Å²) in [5, 5.41) is 0. The molecule has 0 aromatic heterocycles. The van der Waals surface area contributed by atoms with E-state index in [2.05, 4.69) is 6.92 Å². The summed E-state index contributed by atoms with van der Waals surface area (Å²) in [4.78, 5) is 26.1. The lowest BCUT2D eigenvalue weighted by molar-refractivity contribution is -0.148. The van der Waals surface area contributed by atoms with E-state index in [1.165, 1.54) is 23.1 Å². The van der Waals surface area contributed by atoms with Crippen LogP contribution >= 0.6 is 0 Å². The number of benzene rings is 1. The fourth-order valence-corrected chi connectivity index (χ4v) is 2.66. The summed E-state index contributed by atoms with van der Waals surface area (Å²) < 4.78 is 18.5. The predicted octanol–water partition coefficient (Wildman–Crippen LogP) is 3.16. The molecule has 120 valence electrons. The number of rotatable bonds is 6. The fourth-order valence-electron chi connectivity index (χ4n) is 2.66. The number of carbonyl (C=O) groups excluding carboxylic acids is 2. The Labute approximate surface area is 130 Å². The Morgan fingerprint density at radius 1 is 1.36 bits per heavy atom. The van der Waals surface area contributed by atoms with Gasteiger partial charge in [0.15, 0.2) is 0 Å². The average Bonchev–Trinajstić information content (AvgIpc) is 3.00. The van der Waals surface area contributed by atoms with Gasteiger partial charge in [-0.05, 0) is 37.5 Å². The first kappa shape index (κ1) is 16.5. The second-order valence-electron chi connectivity index (χ2n) is 5.54. The van der Waals surface area contributed by atoms with Crippen molar-refractivity contribution in [2.75, 3.05) is 13.2 Å². The largest absolute Gasteiger partial charge is 0.464 e. The number of halogens is 1. The van der Waals surface area contributed by atoms with Gasteiger partial charge in [0.1, 0.15) is 11.9 Å². The molecule has 1 aliphatic rings. The Bertz CT molecular complexity index is 532. The topological polar surface area (TPSA) is 46.6 Å². The van der Waals surface area contributed by atoms with Gasteiger partial charge in [-0.1, -0.05) is 25.8 Å². The zero-order chi connectivity index (χ0) is 15.9. The molecule has 1 fully saturated rings. The standard InChI is InChI=1S/C17H22FNO3/c1-2-3-4-11-22-17(21)15-9-6-10-19(15)16(20)13-7-5-8-14(18)12-13/h5,7-8,12,15H,2-4,6,9-11H2,1H3. The van der Waals surface area contributed by atoms with Crippen molar-refractivity contribution in [2.45, 2.75) is 45.1 Å². The number of ether oxygens (including phenoxy) is 1. The summed E-state index contributed by atoms with van der Waals surface area (Å²) in [5.74, 6) is -1.12. The minimum Gasteiger partial charge on any atom is -0.464 e. The van der Waals surface area contributed by atoms with E-state index in [1.54, 1.807) is 6.07 Å². The Hall–Kier alpha value is -1.91. The monoisotopic (exact) mass is 307 g/mol. The van der Waals surface area contributed by atoms with E-state index in [0.717, 1.165) is 25.7 Å². The maximum absolute atomic E-state index is 13.2. The molecule has 1 aliphatic heterocycles. The molecule has 5 heteroatoms. The quantitative estimate of drug-likeness (QED) is 0.599. The number of hydrogen-bond acceptors (Lipinski definition) is 3. The Morgan fingerprint density at radius 3 is 2.91 bits per heavy atom. The highest BCUT2D eigenvalue weighted by Gasteiger charge is 2.35. The molecule has 0 saturated carbocycles. The van der Waals surface area contributed by atoms with Crippen LogP contribution in [-0.2, 0) is 9.53 Å². The molecule has 0 bridgehead atoms. The van der Waals surface area contributed by atoms with Crippen molar-refractivity contribution in [3.8, 4) is 0 Å². The maximum Gasteiger partial charge on any atom is 0.328 e. The smallest absolute Gasteiger partial charge is 0.328 e. The van der Waals surface area contributed by atoms with Gasteiger partial charge in [-0.25, -0.2) is 9.18 Å². The highest BCUT2D eigenvalue weighted by molar-refractivity contribution is 5.97. The minimum absolute atomic E-state index is 0.269. The first-order valence-corrected chi connectivity index (χ1v) is 7.86. The van der Waals surface area contributed by atoms with Crippen LogP contribution < -0.4 is 0 Å². The molecule has 0 radical (unpaired) electrons. The molecule has 1 atom stereocenters. The zero-order valence-electron chi connectivity index (χ0n) is 12.9.